The van der Waals surface area contributed by atoms with Crippen molar-refractivity contribution in [2.75, 3.05) is 6.61 Å². The van der Waals surface area contributed by atoms with Gasteiger partial charge in [0, 0.05) is 32.2 Å². The molecule has 1 atom stereocenters. The molecular weight excluding hydrogens is 398 g/mol. The van der Waals surface area contributed by atoms with E-state index in [1.54, 1.807) is 23.6 Å². The molecule has 0 saturated heterocycles. The number of fused-ring (bicyclic) bond motifs is 2. The highest BCUT2D eigenvalue weighted by atomic mass is 79.9. The molecule has 1 aliphatic heterocycles. The first kappa shape index (κ1) is 15.1. The van der Waals surface area contributed by atoms with E-state index in [0.717, 1.165) is 31.6 Å². The number of hydrogen-bond acceptors (Lipinski definition) is 4. The highest BCUT2D eigenvalue weighted by Gasteiger charge is 2.28. The predicted molar refractivity (Wildman–Crippen MR) is 95.8 cm³/mol. The van der Waals surface area contributed by atoms with Crippen LogP contribution in [-0.2, 0) is 6.42 Å². The van der Waals surface area contributed by atoms with Crippen LogP contribution in [0.1, 0.15) is 15.9 Å². The van der Waals surface area contributed by atoms with Crippen molar-refractivity contribution in [3.05, 3.63) is 56.6 Å². The number of thiophene rings is 1. The number of aromatic nitrogens is 1. The SMILES string of the molecule is O=C(c1csc2cc(Br)ncc12)C1COc2ccc(Cl)cc2C1. The summed E-state index contributed by atoms with van der Waals surface area (Å²) in [5.74, 6) is 0.729. The van der Waals surface area contributed by atoms with Gasteiger partial charge < -0.3 is 4.74 Å². The van der Waals surface area contributed by atoms with Crippen molar-refractivity contribution in [1.82, 2.24) is 4.98 Å². The summed E-state index contributed by atoms with van der Waals surface area (Å²) in [6.45, 7) is 0.398. The Hall–Kier alpha value is -1.43. The second-order valence-electron chi connectivity index (χ2n) is 5.48. The monoisotopic (exact) mass is 407 g/mol. The van der Waals surface area contributed by atoms with Gasteiger partial charge in [-0.3, -0.25) is 4.79 Å². The number of halogens is 2. The van der Waals surface area contributed by atoms with E-state index in [9.17, 15) is 4.79 Å². The van der Waals surface area contributed by atoms with Gasteiger partial charge in [-0.25, -0.2) is 4.98 Å². The zero-order chi connectivity index (χ0) is 16.0. The van der Waals surface area contributed by atoms with Gasteiger partial charge in [0.25, 0.3) is 0 Å². The number of nitrogens with zero attached hydrogens (tertiary/aromatic N) is 1. The van der Waals surface area contributed by atoms with Gasteiger partial charge in [0.05, 0.1) is 12.5 Å². The highest BCUT2D eigenvalue weighted by molar-refractivity contribution is 9.10. The predicted octanol–water partition coefficient (Wildman–Crippen LogP) is 5.15. The molecule has 0 saturated carbocycles. The van der Waals surface area contributed by atoms with Crippen molar-refractivity contribution in [3.63, 3.8) is 0 Å². The topological polar surface area (TPSA) is 39.2 Å². The fourth-order valence-electron chi connectivity index (χ4n) is 2.84. The van der Waals surface area contributed by atoms with Crippen LogP contribution in [0.25, 0.3) is 10.1 Å². The third kappa shape index (κ3) is 2.77. The largest absolute Gasteiger partial charge is 0.493 e. The second kappa shape index (κ2) is 5.89. The zero-order valence-electron chi connectivity index (χ0n) is 11.9. The standard InChI is InChI=1S/C17H11BrClNO2S/c18-16-5-15-12(6-20-16)13(8-23-15)17(21)10-3-9-4-11(19)1-2-14(9)22-7-10/h1-2,4-6,8,10H,3,7H2. The number of ketones is 1. The van der Waals surface area contributed by atoms with Gasteiger partial charge in [0.2, 0.25) is 0 Å². The maximum atomic E-state index is 12.9. The molecule has 0 radical (unpaired) electrons. The Balaban J connectivity index is 1.66. The van der Waals surface area contributed by atoms with Gasteiger partial charge in [-0.15, -0.1) is 11.3 Å². The molecule has 1 aliphatic rings. The fourth-order valence-corrected chi connectivity index (χ4v) is 4.48. The third-order valence-electron chi connectivity index (χ3n) is 3.99. The second-order valence-corrected chi connectivity index (χ2v) is 7.64. The van der Waals surface area contributed by atoms with Crippen molar-refractivity contribution >= 4 is 54.7 Å². The van der Waals surface area contributed by atoms with Gasteiger partial charge in [0.1, 0.15) is 10.4 Å². The molecule has 0 N–H and O–H groups in total. The maximum Gasteiger partial charge on any atom is 0.171 e. The summed E-state index contributed by atoms with van der Waals surface area (Å²) < 4.78 is 7.57. The number of pyridine rings is 1. The van der Waals surface area contributed by atoms with Crippen LogP contribution in [0, 0.1) is 5.92 Å². The number of rotatable bonds is 2. The van der Waals surface area contributed by atoms with E-state index in [1.165, 1.54) is 0 Å². The number of benzene rings is 1. The van der Waals surface area contributed by atoms with Crippen molar-refractivity contribution in [2.24, 2.45) is 5.92 Å². The van der Waals surface area contributed by atoms with Crippen molar-refractivity contribution in [2.45, 2.75) is 6.42 Å². The number of carbonyl (C=O) groups excluding carboxylic acids is 1. The third-order valence-corrected chi connectivity index (χ3v) is 5.61. The van der Waals surface area contributed by atoms with E-state index >= 15 is 0 Å². The molecule has 6 heteroatoms. The van der Waals surface area contributed by atoms with E-state index in [4.69, 9.17) is 16.3 Å². The molecule has 4 rings (SSSR count). The molecule has 2 aromatic heterocycles. The van der Waals surface area contributed by atoms with E-state index in [2.05, 4.69) is 20.9 Å². The van der Waals surface area contributed by atoms with Gasteiger partial charge in [0.15, 0.2) is 5.78 Å². The normalized spacial score (nSPS) is 16.9. The molecule has 0 fully saturated rings. The van der Waals surface area contributed by atoms with E-state index in [1.807, 2.05) is 23.6 Å². The molecule has 1 aromatic carbocycles. The maximum absolute atomic E-state index is 12.9. The molecule has 3 aromatic rings. The Labute approximate surface area is 150 Å². The average Bonchev–Trinajstić information content (AvgIpc) is 2.96. The van der Waals surface area contributed by atoms with E-state index in [-0.39, 0.29) is 11.7 Å². The van der Waals surface area contributed by atoms with Crippen LogP contribution >= 0.6 is 38.9 Å². The minimum Gasteiger partial charge on any atom is -0.493 e. The summed E-state index contributed by atoms with van der Waals surface area (Å²) in [5.41, 5.74) is 1.71. The summed E-state index contributed by atoms with van der Waals surface area (Å²) in [4.78, 5) is 17.1. The first-order valence-corrected chi connectivity index (χ1v) is 9.15. The molecule has 1 unspecified atom stereocenters. The van der Waals surface area contributed by atoms with Crippen LogP contribution in [0.15, 0.2) is 40.4 Å². The number of carbonyl (C=O) groups is 1. The van der Waals surface area contributed by atoms with E-state index < -0.39 is 0 Å². The van der Waals surface area contributed by atoms with Crippen molar-refractivity contribution < 1.29 is 9.53 Å². The van der Waals surface area contributed by atoms with E-state index in [0.29, 0.717) is 18.1 Å². The molecule has 3 heterocycles. The summed E-state index contributed by atoms with van der Waals surface area (Å²) >= 11 is 11.0. The lowest BCUT2D eigenvalue weighted by Crippen LogP contribution is -2.28. The molecule has 116 valence electrons. The van der Waals surface area contributed by atoms with Crippen molar-refractivity contribution in [3.8, 4) is 5.75 Å². The number of Topliss-reactive ketones (excluding diaryl/α,β-unsaturated/α-hetero) is 1. The first-order valence-electron chi connectivity index (χ1n) is 7.10. The summed E-state index contributed by atoms with van der Waals surface area (Å²) in [5, 5.41) is 3.48. The van der Waals surface area contributed by atoms with Crippen LogP contribution in [0.2, 0.25) is 5.02 Å². The Bertz CT molecular complexity index is 924. The van der Waals surface area contributed by atoms with Gasteiger partial charge in [-0.1, -0.05) is 11.6 Å². The molecule has 0 spiro atoms. The van der Waals surface area contributed by atoms with Gasteiger partial charge >= 0.3 is 0 Å². The molecule has 23 heavy (non-hydrogen) atoms. The Kier molecular flexibility index (Phi) is 3.87. The molecular formula is C17H11BrClNO2S. The fraction of sp³-hybridized carbons (Fsp3) is 0.176. The van der Waals surface area contributed by atoms with Crippen LogP contribution in [0.4, 0.5) is 0 Å². The van der Waals surface area contributed by atoms with Gasteiger partial charge in [-0.2, -0.15) is 0 Å². The number of hydrogen-bond donors (Lipinski definition) is 0. The Morgan fingerprint density at radius 3 is 3.13 bits per heavy atom. The summed E-state index contributed by atoms with van der Waals surface area (Å²) in [6, 6.07) is 7.47. The summed E-state index contributed by atoms with van der Waals surface area (Å²) in [6.07, 6.45) is 2.40. The highest BCUT2D eigenvalue weighted by Crippen LogP contribution is 2.34. The van der Waals surface area contributed by atoms with Crippen molar-refractivity contribution in [1.29, 1.82) is 0 Å². The van der Waals surface area contributed by atoms with Crippen LogP contribution in [-0.4, -0.2) is 17.4 Å². The molecule has 0 aliphatic carbocycles. The zero-order valence-corrected chi connectivity index (χ0v) is 15.0. The van der Waals surface area contributed by atoms with Crippen LogP contribution in [0.3, 0.4) is 0 Å². The molecule has 0 bridgehead atoms. The minimum absolute atomic E-state index is 0.103. The minimum atomic E-state index is -0.192. The lowest BCUT2D eigenvalue weighted by Gasteiger charge is -2.24. The smallest absolute Gasteiger partial charge is 0.171 e. The lowest BCUT2D eigenvalue weighted by molar-refractivity contribution is 0.0857. The molecule has 0 amide bonds. The Morgan fingerprint density at radius 1 is 1.39 bits per heavy atom. The summed E-state index contributed by atoms with van der Waals surface area (Å²) in [7, 11) is 0. The van der Waals surface area contributed by atoms with Crippen LogP contribution < -0.4 is 4.74 Å². The van der Waals surface area contributed by atoms with Crippen LogP contribution in [0.5, 0.6) is 5.75 Å². The first-order chi connectivity index (χ1) is 11.1. The quantitative estimate of drug-likeness (QED) is 0.435. The Morgan fingerprint density at radius 2 is 2.26 bits per heavy atom. The number of ether oxygens (including phenoxy) is 1. The molecule has 3 nitrogen and oxygen atoms in total. The lowest BCUT2D eigenvalue weighted by atomic mass is 9.90. The average molecular weight is 409 g/mol. The van der Waals surface area contributed by atoms with Gasteiger partial charge in [-0.05, 0) is 52.2 Å².